The summed E-state index contributed by atoms with van der Waals surface area (Å²) in [5.41, 5.74) is 0.892. The molecule has 0 radical (unpaired) electrons. The summed E-state index contributed by atoms with van der Waals surface area (Å²) < 4.78 is 39.6. The molecule has 0 spiro atoms. The number of anilines is 1. The van der Waals surface area contributed by atoms with Crippen LogP contribution in [0, 0.1) is 17.4 Å². The van der Waals surface area contributed by atoms with Crippen LogP contribution in [0.5, 0.6) is 0 Å². The number of carbonyl (C=O) groups excluding carboxylic acids is 1. The highest BCUT2D eigenvalue weighted by molar-refractivity contribution is 14.1. The van der Waals surface area contributed by atoms with E-state index in [1.807, 2.05) is 13.0 Å². The molecule has 2 nitrogen and oxygen atoms in total. The predicted molar refractivity (Wildman–Crippen MR) is 88.0 cm³/mol. The second-order valence-corrected chi connectivity index (χ2v) is 6.11. The molecule has 2 aromatic carbocycles. The van der Waals surface area contributed by atoms with Gasteiger partial charge in [0.15, 0.2) is 0 Å². The van der Waals surface area contributed by atoms with Gasteiger partial charge in [0.2, 0.25) is 0 Å². The van der Waals surface area contributed by atoms with Crippen LogP contribution in [0.25, 0.3) is 0 Å². The fraction of sp³-hybridized carbons (Fsp3) is 0.188. The minimum atomic E-state index is -4.47. The second-order valence-electron chi connectivity index (χ2n) is 4.95. The minimum absolute atomic E-state index is 0.0199. The van der Waals surface area contributed by atoms with Crippen LogP contribution >= 0.6 is 22.6 Å². The number of alkyl halides is 3. The third-order valence-corrected chi connectivity index (χ3v) is 4.40. The van der Waals surface area contributed by atoms with Crippen LogP contribution in [0.1, 0.15) is 27.0 Å². The molecule has 0 aliphatic rings. The smallest absolute Gasteiger partial charge is 0.322 e. The Morgan fingerprint density at radius 3 is 2.27 bits per heavy atom. The molecule has 0 fully saturated rings. The Kier molecular flexibility index (Phi) is 4.79. The summed E-state index contributed by atoms with van der Waals surface area (Å²) in [6.07, 6.45) is -4.47. The van der Waals surface area contributed by atoms with Crippen molar-refractivity contribution in [2.75, 3.05) is 5.32 Å². The van der Waals surface area contributed by atoms with E-state index in [0.29, 0.717) is 5.69 Å². The normalized spacial score (nSPS) is 11.4. The largest absolute Gasteiger partial charge is 0.416 e. The van der Waals surface area contributed by atoms with Crippen LogP contribution < -0.4 is 5.32 Å². The van der Waals surface area contributed by atoms with Gasteiger partial charge in [-0.15, -0.1) is 0 Å². The Morgan fingerprint density at radius 2 is 1.68 bits per heavy atom. The van der Waals surface area contributed by atoms with Gasteiger partial charge < -0.3 is 5.32 Å². The summed E-state index contributed by atoms with van der Waals surface area (Å²) in [6.45, 7) is 3.30. The van der Waals surface area contributed by atoms with Crippen molar-refractivity contribution >= 4 is 34.2 Å². The van der Waals surface area contributed by atoms with Gasteiger partial charge >= 0.3 is 6.18 Å². The van der Waals surface area contributed by atoms with Gasteiger partial charge in [-0.2, -0.15) is 13.2 Å². The second kappa shape index (κ2) is 6.28. The molecular formula is C16H13F3INO. The highest BCUT2D eigenvalue weighted by Crippen LogP contribution is 2.32. The first-order valence-electron chi connectivity index (χ1n) is 6.44. The van der Waals surface area contributed by atoms with Crippen LogP contribution in [0.4, 0.5) is 18.9 Å². The van der Waals surface area contributed by atoms with Crippen molar-refractivity contribution in [1.29, 1.82) is 0 Å². The van der Waals surface area contributed by atoms with E-state index >= 15 is 0 Å². The van der Waals surface area contributed by atoms with Crippen molar-refractivity contribution in [2.45, 2.75) is 20.0 Å². The lowest BCUT2D eigenvalue weighted by atomic mass is 10.0. The molecule has 0 aromatic heterocycles. The number of benzene rings is 2. The molecule has 0 unspecified atom stereocenters. The molecule has 2 aromatic rings. The molecule has 116 valence electrons. The first-order chi connectivity index (χ1) is 10.2. The third-order valence-electron chi connectivity index (χ3n) is 3.23. The molecule has 0 atom stereocenters. The van der Waals surface area contributed by atoms with Crippen molar-refractivity contribution in [3.63, 3.8) is 0 Å². The summed E-state index contributed by atoms with van der Waals surface area (Å²) in [6, 6.07) is 8.90. The molecule has 1 amide bonds. The lowest BCUT2D eigenvalue weighted by Gasteiger charge is -2.12. The monoisotopic (exact) mass is 419 g/mol. The summed E-state index contributed by atoms with van der Waals surface area (Å²) in [5.74, 6) is -0.565. The van der Waals surface area contributed by atoms with E-state index in [2.05, 4.69) is 27.9 Å². The van der Waals surface area contributed by atoms with Crippen molar-refractivity contribution < 1.29 is 18.0 Å². The first kappa shape index (κ1) is 16.8. The molecule has 6 heteroatoms. The van der Waals surface area contributed by atoms with Crippen molar-refractivity contribution in [1.82, 2.24) is 0 Å². The molecule has 2 rings (SSSR count). The maximum atomic E-state index is 12.9. The van der Waals surface area contributed by atoms with Gasteiger partial charge in [0.1, 0.15) is 0 Å². The Bertz CT molecular complexity index is 726. The Labute approximate surface area is 139 Å². The zero-order chi connectivity index (χ0) is 16.5. The molecule has 0 heterocycles. The fourth-order valence-corrected chi connectivity index (χ4v) is 2.46. The number of rotatable bonds is 2. The van der Waals surface area contributed by atoms with E-state index in [4.69, 9.17) is 0 Å². The number of carbonyl (C=O) groups is 1. The van der Waals surface area contributed by atoms with Crippen LogP contribution in [0.2, 0.25) is 0 Å². The summed E-state index contributed by atoms with van der Waals surface area (Å²) >= 11 is 2.13. The lowest BCUT2D eigenvalue weighted by Crippen LogP contribution is -2.15. The van der Waals surface area contributed by atoms with Gasteiger partial charge in [-0.25, -0.2) is 0 Å². The van der Waals surface area contributed by atoms with Gasteiger partial charge in [0.05, 0.1) is 5.56 Å². The van der Waals surface area contributed by atoms with Crippen molar-refractivity contribution in [3.05, 3.63) is 62.2 Å². The SMILES string of the molecule is Cc1ccc(NC(=O)c2ccc(C)c(C(F)(F)F)c2)cc1I. The van der Waals surface area contributed by atoms with Crippen LogP contribution in [0.3, 0.4) is 0 Å². The zero-order valence-corrected chi connectivity index (χ0v) is 14.0. The van der Waals surface area contributed by atoms with Gasteiger partial charge in [-0.05, 0) is 71.8 Å². The van der Waals surface area contributed by atoms with E-state index in [1.54, 1.807) is 12.1 Å². The summed E-state index contributed by atoms with van der Waals surface area (Å²) in [4.78, 5) is 12.1. The van der Waals surface area contributed by atoms with Gasteiger partial charge in [-0.1, -0.05) is 12.1 Å². The van der Waals surface area contributed by atoms with Crippen molar-refractivity contribution in [2.24, 2.45) is 0 Å². The number of halogens is 4. The van der Waals surface area contributed by atoms with Crippen LogP contribution in [-0.4, -0.2) is 5.91 Å². The number of nitrogens with one attached hydrogen (secondary N) is 1. The topological polar surface area (TPSA) is 29.1 Å². The summed E-state index contributed by atoms with van der Waals surface area (Å²) in [7, 11) is 0. The minimum Gasteiger partial charge on any atom is -0.322 e. The molecule has 0 saturated carbocycles. The van der Waals surface area contributed by atoms with E-state index < -0.39 is 17.6 Å². The van der Waals surface area contributed by atoms with E-state index in [-0.39, 0.29) is 11.1 Å². The Morgan fingerprint density at radius 1 is 1.05 bits per heavy atom. The first-order valence-corrected chi connectivity index (χ1v) is 7.51. The highest BCUT2D eigenvalue weighted by atomic mass is 127. The average Bonchev–Trinajstić information content (AvgIpc) is 2.42. The zero-order valence-electron chi connectivity index (χ0n) is 11.9. The Balaban J connectivity index is 2.28. The number of amides is 1. The highest BCUT2D eigenvalue weighted by Gasteiger charge is 2.32. The maximum absolute atomic E-state index is 12.9. The predicted octanol–water partition coefficient (Wildman–Crippen LogP) is 5.18. The number of hydrogen-bond donors (Lipinski definition) is 1. The Hall–Kier alpha value is -1.57. The van der Waals surface area contributed by atoms with Gasteiger partial charge in [0, 0.05) is 14.8 Å². The van der Waals surface area contributed by atoms with Gasteiger partial charge in [0.25, 0.3) is 5.91 Å². The molecule has 0 aliphatic carbocycles. The fourth-order valence-electron chi connectivity index (χ4n) is 1.94. The summed E-state index contributed by atoms with van der Waals surface area (Å²) in [5, 5.41) is 2.61. The molecule has 22 heavy (non-hydrogen) atoms. The molecule has 0 bridgehead atoms. The average molecular weight is 419 g/mol. The van der Waals surface area contributed by atoms with Crippen LogP contribution in [0.15, 0.2) is 36.4 Å². The molecule has 0 saturated heterocycles. The van der Waals surface area contributed by atoms with E-state index in [1.165, 1.54) is 19.1 Å². The maximum Gasteiger partial charge on any atom is 0.416 e. The molecule has 1 N–H and O–H groups in total. The lowest BCUT2D eigenvalue weighted by molar-refractivity contribution is -0.138. The van der Waals surface area contributed by atoms with E-state index in [0.717, 1.165) is 15.2 Å². The standard InChI is InChI=1S/C16H13F3INO/c1-9-3-5-11(7-13(9)16(17,18)19)15(22)21-12-6-4-10(2)14(20)8-12/h3-8H,1-2H3,(H,21,22). The van der Waals surface area contributed by atoms with Crippen LogP contribution in [-0.2, 0) is 6.18 Å². The number of hydrogen-bond acceptors (Lipinski definition) is 1. The number of aryl methyl sites for hydroxylation is 2. The molecular weight excluding hydrogens is 406 g/mol. The van der Waals surface area contributed by atoms with Crippen molar-refractivity contribution in [3.8, 4) is 0 Å². The third kappa shape index (κ3) is 3.79. The van der Waals surface area contributed by atoms with Gasteiger partial charge in [-0.3, -0.25) is 4.79 Å². The quantitative estimate of drug-likeness (QED) is 0.668. The van der Waals surface area contributed by atoms with E-state index in [9.17, 15) is 18.0 Å². The molecule has 0 aliphatic heterocycles.